The Morgan fingerprint density at radius 2 is 2.00 bits per heavy atom. The molecule has 0 spiro atoms. The number of urea groups is 1. The molecule has 0 saturated carbocycles. The van der Waals surface area contributed by atoms with E-state index < -0.39 is 0 Å². The summed E-state index contributed by atoms with van der Waals surface area (Å²) in [6.07, 6.45) is 1.80. The van der Waals surface area contributed by atoms with Crippen molar-refractivity contribution in [3.63, 3.8) is 0 Å². The zero-order valence-electron chi connectivity index (χ0n) is 12.9. The molecule has 5 heteroatoms. The van der Waals surface area contributed by atoms with E-state index >= 15 is 0 Å². The summed E-state index contributed by atoms with van der Waals surface area (Å²) < 4.78 is 13.1. The number of anilines is 1. The maximum atomic E-state index is 13.1. The first-order valence-corrected chi connectivity index (χ1v) is 8.01. The molecule has 120 valence electrons. The summed E-state index contributed by atoms with van der Waals surface area (Å²) in [5.41, 5.74) is 2.60. The SMILES string of the molecule is Cc1ccc(NC(=O)N2CCC[C@@H]2c2ccc(F)cc2)c(Cl)c1. The molecule has 2 amide bonds. The molecule has 2 aromatic rings. The van der Waals surface area contributed by atoms with E-state index in [-0.39, 0.29) is 17.9 Å². The third-order valence-corrected chi connectivity index (χ3v) is 4.45. The lowest BCUT2D eigenvalue weighted by molar-refractivity contribution is 0.207. The van der Waals surface area contributed by atoms with Crippen molar-refractivity contribution in [1.82, 2.24) is 4.90 Å². The Labute approximate surface area is 140 Å². The number of amides is 2. The lowest BCUT2D eigenvalue weighted by atomic mass is 10.0. The fraction of sp³-hybridized carbons (Fsp3) is 0.278. The van der Waals surface area contributed by atoms with Gasteiger partial charge in [0.1, 0.15) is 5.82 Å². The molecule has 0 aliphatic carbocycles. The van der Waals surface area contributed by atoms with Gasteiger partial charge in [0.25, 0.3) is 0 Å². The van der Waals surface area contributed by atoms with Crippen LogP contribution in [0, 0.1) is 12.7 Å². The summed E-state index contributed by atoms with van der Waals surface area (Å²) in [5, 5.41) is 3.40. The predicted molar refractivity (Wildman–Crippen MR) is 90.3 cm³/mol. The van der Waals surface area contributed by atoms with E-state index in [1.54, 1.807) is 23.1 Å². The van der Waals surface area contributed by atoms with Crippen molar-refractivity contribution in [1.29, 1.82) is 0 Å². The van der Waals surface area contributed by atoms with Crippen LogP contribution in [-0.4, -0.2) is 17.5 Å². The zero-order valence-corrected chi connectivity index (χ0v) is 13.6. The topological polar surface area (TPSA) is 32.3 Å². The second-order valence-corrected chi connectivity index (χ2v) is 6.22. The van der Waals surface area contributed by atoms with E-state index in [9.17, 15) is 9.18 Å². The zero-order chi connectivity index (χ0) is 16.4. The van der Waals surface area contributed by atoms with Crippen LogP contribution >= 0.6 is 11.6 Å². The smallest absolute Gasteiger partial charge is 0.317 e. The Balaban J connectivity index is 1.76. The average Bonchev–Trinajstić information content (AvgIpc) is 3.00. The van der Waals surface area contributed by atoms with E-state index in [0.717, 1.165) is 24.0 Å². The second kappa shape index (κ2) is 6.59. The van der Waals surface area contributed by atoms with Gasteiger partial charge in [-0.3, -0.25) is 0 Å². The molecular weight excluding hydrogens is 315 g/mol. The largest absolute Gasteiger partial charge is 0.322 e. The Morgan fingerprint density at radius 1 is 1.26 bits per heavy atom. The van der Waals surface area contributed by atoms with Crippen LogP contribution in [0.2, 0.25) is 5.02 Å². The standard InChI is InChI=1S/C18H18ClFN2O/c1-12-4-9-16(15(19)11-12)21-18(23)22-10-2-3-17(22)13-5-7-14(20)8-6-13/h4-9,11,17H,2-3,10H2,1H3,(H,21,23)/t17-/m1/s1. The van der Waals surface area contributed by atoms with Gasteiger partial charge in [0.15, 0.2) is 0 Å². The van der Waals surface area contributed by atoms with E-state index in [4.69, 9.17) is 11.6 Å². The molecule has 0 aromatic heterocycles. The molecule has 0 bridgehead atoms. The Bertz CT molecular complexity index is 717. The van der Waals surface area contributed by atoms with Gasteiger partial charge in [0.05, 0.1) is 16.8 Å². The third kappa shape index (κ3) is 3.48. The molecular formula is C18H18ClFN2O. The minimum Gasteiger partial charge on any atom is -0.317 e. The number of likely N-dealkylation sites (tertiary alicyclic amines) is 1. The van der Waals surface area contributed by atoms with Gasteiger partial charge in [-0.15, -0.1) is 0 Å². The van der Waals surface area contributed by atoms with Gasteiger partial charge in [-0.1, -0.05) is 29.8 Å². The number of rotatable bonds is 2. The predicted octanol–water partition coefficient (Wildman–Crippen LogP) is 5.16. The monoisotopic (exact) mass is 332 g/mol. The highest BCUT2D eigenvalue weighted by Crippen LogP contribution is 2.33. The Hall–Kier alpha value is -2.07. The minimum absolute atomic E-state index is 0.0279. The second-order valence-electron chi connectivity index (χ2n) is 5.82. The van der Waals surface area contributed by atoms with Crippen molar-refractivity contribution < 1.29 is 9.18 Å². The highest BCUT2D eigenvalue weighted by molar-refractivity contribution is 6.33. The molecule has 1 fully saturated rings. The first-order chi connectivity index (χ1) is 11.0. The minimum atomic E-state index is -0.269. The van der Waals surface area contributed by atoms with Gasteiger partial charge >= 0.3 is 6.03 Å². The number of nitrogens with zero attached hydrogens (tertiary/aromatic N) is 1. The van der Waals surface area contributed by atoms with E-state index in [1.165, 1.54) is 12.1 Å². The molecule has 0 unspecified atom stereocenters. The van der Waals surface area contributed by atoms with Gasteiger partial charge in [-0.05, 0) is 55.2 Å². The van der Waals surface area contributed by atoms with Crippen molar-refractivity contribution in [2.24, 2.45) is 0 Å². The van der Waals surface area contributed by atoms with E-state index in [0.29, 0.717) is 17.3 Å². The summed E-state index contributed by atoms with van der Waals surface area (Å²) in [7, 11) is 0. The fourth-order valence-electron chi connectivity index (χ4n) is 2.95. The molecule has 3 nitrogen and oxygen atoms in total. The Kier molecular flexibility index (Phi) is 4.53. The van der Waals surface area contributed by atoms with Crippen LogP contribution < -0.4 is 5.32 Å². The molecule has 1 aliphatic heterocycles. The first kappa shape index (κ1) is 15.8. The molecule has 3 rings (SSSR count). The molecule has 1 N–H and O–H groups in total. The number of halogens is 2. The van der Waals surface area contributed by atoms with Crippen LogP contribution in [0.3, 0.4) is 0 Å². The number of nitrogens with one attached hydrogen (secondary N) is 1. The lowest BCUT2D eigenvalue weighted by Crippen LogP contribution is -2.34. The maximum absolute atomic E-state index is 13.1. The van der Waals surface area contributed by atoms with Crippen LogP contribution in [0.1, 0.15) is 30.0 Å². The van der Waals surface area contributed by atoms with Gasteiger partial charge in [0, 0.05) is 6.54 Å². The number of hydrogen-bond acceptors (Lipinski definition) is 1. The highest BCUT2D eigenvalue weighted by atomic mass is 35.5. The summed E-state index contributed by atoms with van der Waals surface area (Å²) >= 11 is 6.18. The van der Waals surface area contributed by atoms with Crippen LogP contribution in [0.5, 0.6) is 0 Å². The molecule has 2 aromatic carbocycles. The van der Waals surface area contributed by atoms with E-state index in [2.05, 4.69) is 5.32 Å². The van der Waals surface area contributed by atoms with Crippen LogP contribution in [0.4, 0.5) is 14.9 Å². The van der Waals surface area contributed by atoms with Gasteiger partial charge < -0.3 is 10.2 Å². The van der Waals surface area contributed by atoms with Crippen LogP contribution in [0.15, 0.2) is 42.5 Å². The fourth-order valence-corrected chi connectivity index (χ4v) is 3.23. The number of carbonyl (C=O) groups is 1. The number of aryl methyl sites for hydroxylation is 1. The molecule has 23 heavy (non-hydrogen) atoms. The Morgan fingerprint density at radius 3 is 2.70 bits per heavy atom. The molecule has 1 aliphatic rings. The van der Waals surface area contributed by atoms with Gasteiger partial charge in [-0.25, -0.2) is 9.18 Å². The van der Waals surface area contributed by atoms with E-state index in [1.807, 2.05) is 19.1 Å². The van der Waals surface area contributed by atoms with Crippen molar-refractivity contribution in [2.45, 2.75) is 25.8 Å². The van der Waals surface area contributed by atoms with Gasteiger partial charge in [0.2, 0.25) is 0 Å². The summed E-state index contributed by atoms with van der Waals surface area (Å²) in [5.74, 6) is -0.269. The molecule has 0 radical (unpaired) electrons. The lowest BCUT2D eigenvalue weighted by Gasteiger charge is -2.25. The highest BCUT2D eigenvalue weighted by Gasteiger charge is 2.30. The van der Waals surface area contributed by atoms with Gasteiger partial charge in [-0.2, -0.15) is 0 Å². The first-order valence-electron chi connectivity index (χ1n) is 7.64. The number of hydrogen-bond donors (Lipinski definition) is 1. The number of carbonyl (C=O) groups excluding carboxylic acids is 1. The quantitative estimate of drug-likeness (QED) is 0.809. The maximum Gasteiger partial charge on any atom is 0.322 e. The third-order valence-electron chi connectivity index (χ3n) is 4.13. The van der Waals surface area contributed by atoms with Crippen molar-refractivity contribution in [3.8, 4) is 0 Å². The van der Waals surface area contributed by atoms with Crippen molar-refractivity contribution in [2.75, 3.05) is 11.9 Å². The van der Waals surface area contributed by atoms with Crippen LogP contribution in [0.25, 0.3) is 0 Å². The average molecular weight is 333 g/mol. The number of benzene rings is 2. The summed E-state index contributed by atoms with van der Waals surface area (Å²) in [6.45, 7) is 2.62. The summed E-state index contributed by atoms with van der Waals surface area (Å²) in [6, 6.07) is 11.7. The van der Waals surface area contributed by atoms with Crippen molar-refractivity contribution in [3.05, 3.63) is 64.4 Å². The normalized spacial score (nSPS) is 17.3. The van der Waals surface area contributed by atoms with Crippen LogP contribution in [-0.2, 0) is 0 Å². The molecule has 1 heterocycles. The molecule has 1 atom stereocenters. The van der Waals surface area contributed by atoms with Crippen molar-refractivity contribution >= 4 is 23.3 Å². The summed E-state index contributed by atoms with van der Waals surface area (Å²) in [4.78, 5) is 14.4. The molecule has 1 saturated heterocycles.